The number of rotatable bonds is 10. The van der Waals surface area contributed by atoms with E-state index < -0.39 is 23.8 Å². The number of primary amides is 1. The monoisotopic (exact) mass is 407 g/mol. The first-order chi connectivity index (χ1) is 13.4. The van der Waals surface area contributed by atoms with Crippen LogP contribution >= 0.6 is 11.3 Å². The van der Waals surface area contributed by atoms with E-state index in [1.807, 2.05) is 0 Å². The molecule has 2 rings (SSSR count). The van der Waals surface area contributed by atoms with Crippen LogP contribution in [0.25, 0.3) is 0 Å². The van der Waals surface area contributed by atoms with E-state index in [2.05, 4.69) is 20.9 Å². The summed E-state index contributed by atoms with van der Waals surface area (Å²) in [5, 5.41) is 26.4. The van der Waals surface area contributed by atoms with E-state index in [0.29, 0.717) is 15.6 Å². The summed E-state index contributed by atoms with van der Waals surface area (Å²) < 4.78 is 0. The summed E-state index contributed by atoms with van der Waals surface area (Å²) in [5.74, 6) is -1.62. The number of nitrogens with one attached hydrogen (secondary N) is 3. The van der Waals surface area contributed by atoms with E-state index in [9.17, 15) is 19.5 Å². The third kappa shape index (κ3) is 6.85. The summed E-state index contributed by atoms with van der Waals surface area (Å²) in [6.45, 7) is -0.547. The number of thiazole rings is 1. The van der Waals surface area contributed by atoms with Crippen molar-refractivity contribution in [1.29, 1.82) is 0 Å². The van der Waals surface area contributed by atoms with Gasteiger partial charge in [-0.2, -0.15) is 0 Å². The van der Waals surface area contributed by atoms with E-state index in [1.54, 1.807) is 12.1 Å². The van der Waals surface area contributed by atoms with E-state index in [1.165, 1.54) is 29.7 Å². The number of amides is 3. The van der Waals surface area contributed by atoms with Crippen molar-refractivity contribution in [2.24, 2.45) is 5.73 Å². The van der Waals surface area contributed by atoms with Crippen molar-refractivity contribution < 1.29 is 24.6 Å². The number of phenolic OH excluding ortho intramolecular Hbond substituents is 1. The van der Waals surface area contributed by atoms with Crippen molar-refractivity contribution in [3.63, 3.8) is 0 Å². The summed E-state index contributed by atoms with van der Waals surface area (Å²) in [6, 6.07) is 5.22. The molecule has 1 aromatic carbocycles. The third-order valence-corrected chi connectivity index (χ3v) is 4.55. The molecule has 0 unspecified atom stereocenters. The smallest absolute Gasteiger partial charge is 0.240 e. The predicted octanol–water partition coefficient (Wildman–Crippen LogP) is -0.918. The average molecular weight is 407 g/mol. The second kappa shape index (κ2) is 10.2. The van der Waals surface area contributed by atoms with Crippen LogP contribution in [0.3, 0.4) is 0 Å². The van der Waals surface area contributed by atoms with Crippen molar-refractivity contribution in [3.8, 4) is 5.75 Å². The highest BCUT2D eigenvalue weighted by Crippen LogP contribution is 2.17. The van der Waals surface area contributed by atoms with E-state index in [-0.39, 0.29) is 31.9 Å². The van der Waals surface area contributed by atoms with Gasteiger partial charge in [0.05, 0.1) is 24.6 Å². The summed E-state index contributed by atoms with van der Waals surface area (Å²) in [4.78, 5) is 40.0. The fourth-order valence-corrected chi connectivity index (χ4v) is 2.86. The first-order valence-electron chi connectivity index (χ1n) is 8.30. The van der Waals surface area contributed by atoms with Crippen molar-refractivity contribution in [2.75, 3.05) is 18.4 Å². The number of phenols is 1. The number of nitrogens with two attached hydrogens (primary N) is 1. The minimum absolute atomic E-state index is 0.0880. The highest BCUT2D eigenvalue weighted by molar-refractivity contribution is 7.15. The zero-order valence-corrected chi connectivity index (χ0v) is 15.7. The number of benzene rings is 1. The van der Waals surface area contributed by atoms with Crippen LogP contribution in [-0.4, -0.2) is 52.0 Å². The SMILES string of the molecule is NC(=O)[C@H](Cc1ccc(O)cc1)NC(=O)CNC(=O)CNc1ncc(CO)s1. The number of aromatic hydroxyl groups is 1. The Morgan fingerprint density at radius 1 is 1.14 bits per heavy atom. The van der Waals surface area contributed by atoms with Crippen molar-refractivity contribution in [1.82, 2.24) is 15.6 Å². The van der Waals surface area contributed by atoms with Crippen LogP contribution in [0.4, 0.5) is 5.13 Å². The van der Waals surface area contributed by atoms with E-state index in [0.717, 1.165) is 0 Å². The number of nitrogens with zero attached hydrogens (tertiary/aromatic N) is 1. The van der Waals surface area contributed by atoms with E-state index in [4.69, 9.17) is 10.8 Å². The molecule has 1 atom stereocenters. The highest BCUT2D eigenvalue weighted by atomic mass is 32.1. The Balaban J connectivity index is 1.76. The Morgan fingerprint density at radius 2 is 1.86 bits per heavy atom. The van der Waals surface area contributed by atoms with Crippen molar-refractivity contribution in [3.05, 3.63) is 40.9 Å². The van der Waals surface area contributed by atoms with Gasteiger partial charge in [-0.25, -0.2) is 4.98 Å². The van der Waals surface area contributed by atoms with Crippen molar-refractivity contribution in [2.45, 2.75) is 19.1 Å². The summed E-state index contributed by atoms with van der Waals surface area (Å²) in [6.07, 6.45) is 1.66. The molecule has 7 N–H and O–H groups in total. The molecule has 0 saturated carbocycles. The summed E-state index contributed by atoms with van der Waals surface area (Å²) in [7, 11) is 0. The number of hydrogen-bond donors (Lipinski definition) is 6. The third-order valence-electron chi connectivity index (χ3n) is 3.61. The molecule has 150 valence electrons. The Morgan fingerprint density at radius 3 is 2.46 bits per heavy atom. The zero-order chi connectivity index (χ0) is 20.5. The molecule has 0 spiro atoms. The summed E-state index contributed by atoms with van der Waals surface area (Å²) in [5.41, 5.74) is 6.03. The quantitative estimate of drug-likeness (QED) is 0.296. The fourth-order valence-electron chi connectivity index (χ4n) is 2.20. The lowest BCUT2D eigenvalue weighted by Gasteiger charge is -2.16. The lowest BCUT2D eigenvalue weighted by molar-refractivity contribution is -0.128. The van der Waals surface area contributed by atoms with Crippen LogP contribution < -0.4 is 21.7 Å². The van der Waals surface area contributed by atoms with Gasteiger partial charge in [0.2, 0.25) is 17.7 Å². The molecule has 11 heteroatoms. The molecular formula is C17H21N5O5S. The largest absolute Gasteiger partial charge is 0.508 e. The molecule has 1 heterocycles. The maximum Gasteiger partial charge on any atom is 0.240 e. The van der Waals surface area contributed by atoms with Crippen LogP contribution in [0.2, 0.25) is 0 Å². The van der Waals surface area contributed by atoms with Gasteiger partial charge in [-0.15, -0.1) is 0 Å². The Labute approximate surface area is 164 Å². The number of carbonyl (C=O) groups is 3. The fraction of sp³-hybridized carbons (Fsp3) is 0.294. The number of carbonyl (C=O) groups excluding carboxylic acids is 3. The molecule has 10 nitrogen and oxygen atoms in total. The van der Waals surface area contributed by atoms with Crippen LogP contribution in [0.5, 0.6) is 5.75 Å². The average Bonchev–Trinajstić information content (AvgIpc) is 3.14. The van der Waals surface area contributed by atoms with Gasteiger partial charge < -0.3 is 31.9 Å². The minimum Gasteiger partial charge on any atom is -0.508 e. The molecule has 28 heavy (non-hydrogen) atoms. The van der Waals surface area contributed by atoms with Crippen LogP contribution in [0.1, 0.15) is 10.4 Å². The molecule has 3 amide bonds. The lowest BCUT2D eigenvalue weighted by atomic mass is 10.1. The predicted molar refractivity (Wildman–Crippen MR) is 102 cm³/mol. The van der Waals surface area contributed by atoms with Gasteiger partial charge in [0.1, 0.15) is 11.8 Å². The standard InChI is InChI=1S/C17H21N5O5S/c18-16(27)13(5-10-1-3-11(24)4-2-10)22-15(26)8-19-14(25)7-21-17-20-6-12(9-23)28-17/h1-4,6,13,23-24H,5,7-9H2,(H2,18,27)(H,19,25)(H,20,21)(H,22,26)/t13-/m0/s1. The number of aliphatic hydroxyl groups excluding tert-OH is 1. The second-order valence-corrected chi connectivity index (χ2v) is 6.93. The molecule has 0 saturated heterocycles. The molecule has 2 aromatic rings. The molecule has 0 aliphatic carbocycles. The van der Waals surface area contributed by atoms with Gasteiger partial charge in [-0.05, 0) is 17.7 Å². The Hall–Kier alpha value is -3.18. The molecule has 0 aliphatic heterocycles. The topological polar surface area (TPSA) is 167 Å². The number of aromatic nitrogens is 1. The molecule has 0 radical (unpaired) electrons. The van der Waals surface area contributed by atoms with Gasteiger partial charge >= 0.3 is 0 Å². The maximum absolute atomic E-state index is 12.0. The molecular weight excluding hydrogens is 386 g/mol. The number of anilines is 1. The van der Waals surface area contributed by atoms with Gasteiger partial charge in [-0.3, -0.25) is 14.4 Å². The van der Waals surface area contributed by atoms with Crippen LogP contribution in [-0.2, 0) is 27.4 Å². The number of aliphatic hydroxyl groups is 1. The highest BCUT2D eigenvalue weighted by Gasteiger charge is 2.19. The van der Waals surface area contributed by atoms with E-state index >= 15 is 0 Å². The molecule has 0 fully saturated rings. The zero-order valence-electron chi connectivity index (χ0n) is 14.8. The number of hydrogen-bond acceptors (Lipinski definition) is 8. The Kier molecular flexibility index (Phi) is 7.72. The second-order valence-electron chi connectivity index (χ2n) is 5.81. The van der Waals surface area contributed by atoms with Gasteiger partial charge in [0.15, 0.2) is 5.13 Å². The van der Waals surface area contributed by atoms with Crippen LogP contribution in [0, 0.1) is 0 Å². The Bertz CT molecular complexity index is 824. The first-order valence-corrected chi connectivity index (χ1v) is 9.11. The van der Waals surface area contributed by atoms with Crippen LogP contribution in [0.15, 0.2) is 30.5 Å². The molecule has 1 aromatic heterocycles. The normalized spacial score (nSPS) is 11.5. The maximum atomic E-state index is 12.0. The van der Waals surface area contributed by atoms with Gasteiger partial charge in [0.25, 0.3) is 0 Å². The first kappa shape index (κ1) is 21.1. The lowest BCUT2D eigenvalue weighted by Crippen LogP contribution is -2.49. The molecule has 0 aliphatic rings. The summed E-state index contributed by atoms with van der Waals surface area (Å²) >= 11 is 1.21. The van der Waals surface area contributed by atoms with Crippen molar-refractivity contribution >= 4 is 34.2 Å². The minimum atomic E-state index is -0.945. The van der Waals surface area contributed by atoms with Gasteiger partial charge in [0, 0.05) is 12.6 Å². The molecule has 0 bridgehead atoms. The van der Waals surface area contributed by atoms with Gasteiger partial charge in [-0.1, -0.05) is 23.5 Å².